The van der Waals surface area contributed by atoms with E-state index in [4.69, 9.17) is 39.5 Å². The lowest BCUT2D eigenvalue weighted by Crippen LogP contribution is -2.12. The van der Waals surface area contributed by atoms with Crippen molar-refractivity contribution in [1.29, 1.82) is 0 Å². The zero-order chi connectivity index (χ0) is 19.4. The molecule has 27 heavy (non-hydrogen) atoms. The summed E-state index contributed by atoms with van der Waals surface area (Å²) in [6.45, 7) is 0. The molecule has 0 aliphatic carbocycles. The molecule has 0 bridgehead atoms. The van der Waals surface area contributed by atoms with E-state index in [2.05, 4.69) is 5.32 Å². The second-order valence-electron chi connectivity index (χ2n) is 5.50. The minimum absolute atomic E-state index is 0.264. The first kappa shape index (κ1) is 19.2. The molecule has 1 N–H and O–H groups in total. The van der Waals surface area contributed by atoms with Gasteiger partial charge in [-0.15, -0.1) is 0 Å². The Bertz CT molecular complexity index is 986. The van der Waals surface area contributed by atoms with E-state index in [1.807, 2.05) is 0 Å². The van der Waals surface area contributed by atoms with Crippen molar-refractivity contribution in [3.63, 3.8) is 0 Å². The number of benzene rings is 3. The number of amides is 1. The van der Waals surface area contributed by atoms with Gasteiger partial charge in [0.25, 0.3) is 5.91 Å². The molecule has 0 spiro atoms. The molecule has 0 aliphatic heterocycles. The van der Waals surface area contributed by atoms with Gasteiger partial charge in [0.1, 0.15) is 5.75 Å². The van der Waals surface area contributed by atoms with Crippen molar-refractivity contribution in [2.45, 2.75) is 0 Å². The molecule has 0 fully saturated rings. The molecule has 0 atom stereocenters. The van der Waals surface area contributed by atoms with Crippen LogP contribution in [0.15, 0.2) is 66.7 Å². The van der Waals surface area contributed by atoms with Crippen molar-refractivity contribution in [3.8, 4) is 5.75 Å². The highest BCUT2D eigenvalue weighted by molar-refractivity contribution is 6.42. The Balaban J connectivity index is 1.65. The molecule has 0 saturated carbocycles. The van der Waals surface area contributed by atoms with E-state index in [0.717, 1.165) is 0 Å². The van der Waals surface area contributed by atoms with Crippen molar-refractivity contribution >= 4 is 52.4 Å². The number of hydrogen-bond donors (Lipinski definition) is 1. The smallest absolute Gasteiger partial charge is 0.343 e. The molecule has 7 heteroatoms. The van der Waals surface area contributed by atoms with Gasteiger partial charge in [-0.3, -0.25) is 4.79 Å². The molecule has 0 aliphatic rings. The molecule has 0 heterocycles. The number of nitrogens with one attached hydrogen (secondary N) is 1. The fourth-order valence-electron chi connectivity index (χ4n) is 2.20. The highest BCUT2D eigenvalue weighted by Gasteiger charge is 2.12. The second-order valence-corrected chi connectivity index (χ2v) is 6.75. The van der Waals surface area contributed by atoms with Crippen LogP contribution in [0, 0.1) is 0 Å². The third-order valence-electron chi connectivity index (χ3n) is 3.58. The van der Waals surface area contributed by atoms with Crippen LogP contribution in [0.4, 0.5) is 5.69 Å². The molecule has 136 valence electrons. The van der Waals surface area contributed by atoms with Crippen molar-refractivity contribution in [1.82, 2.24) is 0 Å². The van der Waals surface area contributed by atoms with Crippen LogP contribution in [0.5, 0.6) is 5.75 Å². The average molecular weight is 421 g/mol. The van der Waals surface area contributed by atoms with Gasteiger partial charge in [0.2, 0.25) is 0 Å². The zero-order valence-electron chi connectivity index (χ0n) is 13.7. The van der Waals surface area contributed by atoms with E-state index in [0.29, 0.717) is 27.0 Å². The average Bonchev–Trinajstić information content (AvgIpc) is 2.66. The quantitative estimate of drug-likeness (QED) is 0.409. The minimum atomic E-state index is -0.577. The number of esters is 1. The summed E-state index contributed by atoms with van der Waals surface area (Å²) < 4.78 is 5.27. The molecule has 3 rings (SSSR count). The molecular weight excluding hydrogens is 409 g/mol. The lowest BCUT2D eigenvalue weighted by atomic mass is 10.2. The minimum Gasteiger partial charge on any atom is -0.423 e. The molecule has 4 nitrogen and oxygen atoms in total. The summed E-state index contributed by atoms with van der Waals surface area (Å²) in [5, 5.41) is 3.95. The summed E-state index contributed by atoms with van der Waals surface area (Å²) in [6.07, 6.45) is 0. The van der Waals surface area contributed by atoms with Gasteiger partial charge in [0.05, 0.1) is 15.6 Å². The fourth-order valence-corrected chi connectivity index (χ4v) is 2.62. The van der Waals surface area contributed by atoms with Crippen molar-refractivity contribution < 1.29 is 14.3 Å². The van der Waals surface area contributed by atoms with E-state index in [-0.39, 0.29) is 16.5 Å². The van der Waals surface area contributed by atoms with Gasteiger partial charge in [-0.1, -0.05) is 34.8 Å². The van der Waals surface area contributed by atoms with Crippen molar-refractivity contribution in [2.24, 2.45) is 0 Å². The highest BCUT2D eigenvalue weighted by Crippen LogP contribution is 2.24. The van der Waals surface area contributed by atoms with Gasteiger partial charge >= 0.3 is 5.97 Å². The van der Waals surface area contributed by atoms with E-state index in [1.165, 1.54) is 30.3 Å². The van der Waals surface area contributed by atoms with Crippen LogP contribution in [-0.2, 0) is 0 Å². The molecular formula is C20H12Cl3NO3. The third kappa shape index (κ3) is 5.01. The molecule has 3 aromatic carbocycles. The molecule has 3 aromatic rings. The Morgan fingerprint density at radius 3 is 2.00 bits per heavy atom. The molecule has 0 aromatic heterocycles. The summed E-state index contributed by atoms with van der Waals surface area (Å²) in [5.74, 6) is -0.569. The molecule has 0 saturated heterocycles. The fraction of sp³-hybridized carbons (Fsp3) is 0. The number of carbonyl (C=O) groups excluding carboxylic acids is 2. The first-order valence-electron chi connectivity index (χ1n) is 7.76. The normalized spacial score (nSPS) is 10.3. The number of hydrogen-bond acceptors (Lipinski definition) is 3. The lowest BCUT2D eigenvalue weighted by Gasteiger charge is -2.08. The molecule has 0 radical (unpaired) electrons. The largest absolute Gasteiger partial charge is 0.423 e. The summed E-state index contributed by atoms with van der Waals surface area (Å²) in [6, 6.07) is 17.4. The Hall–Kier alpha value is -2.53. The van der Waals surface area contributed by atoms with Gasteiger partial charge in [-0.25, -0.2) is 4.79 Å². The topological polar surface area (TPSA) is 55.4 Å². The summed E-state index contributed by atoms with van der Waals surface area (Å²) >= 11 is 17.5. The number of rotatable bonds is 4. The predicted octanol–water partition coefficient (Wildman–Crippen LogP) is 6.12. The van der Waals surface area contributed by atoms with Crippen molar-refractivity contribution in [2.75, 3.05) is 5.32 Å². The van der Waals surface area contributed by atoms with Gasteiger partial charge in [0, 0.05) is 16.3 Å². The maximum Gasteiger partial charge on any atom is 0.343 e. The van der Waals surface area contributed by atoms with Crippen LogP contribution >= 0.6 is 34.8 Å². The second kappa shape index (κ2) is 8.44. The molecule has 1 amide bonds. The van der Waals surface area contributed by atoms with Crippen LogP contribution in [-0.4, -0.2) is 11.9 Å². The van der Waals surface area contributed by atoms with Crippen molar-refractivity contribution in [3.05, 3.63) is 92.9 Å². The summed E-state index contributed by atoms with van der Waals surface area (Å²) in [5.41, 5.74) is 1.31. The predicted molar refractivity (Wildman–Crippen MR) is 107 cm³/mol. The number of halogens is 3. The van der Waals surface area contributed by atoms with Gasteiger partial charge in [0.15, 0.2) is 0 Å². The van der Waals surface area contributed by atoms with E-state index < -0.39 is 5.97 Å². The monoisotopic (exact) mass is 419 g/mol. The number of carbonyl (C=O) groups is 2. The highest BCUT2D eigenvalue weighted by atomic mass is 35.5. The van der Waals surface area contributed by atoms with Crippen LogP contribution in [0.1, 0.15) is 20.7 Å². The van der Waals surface area contributed by atoms with Crippen LogP contribution in [0.25, 0.3) is 0 Å². The van der Waals surface area contributed by atoms with E-state index >= 15 is 0 Å². The van der Waals surface area contributed by atoms with Crippen LogP contribution in [0.2, 0.25) is 15.1 Å². The Morgan fingerprint density at radius 1 is 0.741 bits per heavy atom. The Morgan fingerprint density at radius 2 is 1.37 bits per heavy atom. The first-order valence-corrected chi connectivity index (χ1v) is 8.90. The van der Waals surface area contributed by atoms with Gasteiger partial charge in [-0.05, 0) is 66.7 Å². The van der Waals surface area contributed by atoms with E-state index in [1.54, 1.807) is 36.4 Å². The Labute approximate surface area is 170 Å². The van der Waals surface area contributed by atoms with E-state index in [9.17, 15) is 9.59 Å². The Kier molecular flexibility index (Phi) is 6.01. The van der Waals surface area contributed by atoms with Gasteiger partial charge < -0.3 is 10.1 Å². The standard InChI is InChI=1S/C20H12Cl3NO3/c21-14-4-6-15(7-5-14)24-19(25)12-1-8-16(9-2-12)27-20(26)13-3-10-17(22)18(23)11-13/h1-11H,(H,24,25). The maximum atomic E-state index is 12.2. The van der Waals surface area contributed by atoms with Crippen LogP contribution in [0.3, 0.4) is 0 Å². The lowest BCUT2D eigenvalue weighted by molar-refractivity contribution is 0.0734. The van der Waals surface area contributed by atoms with Gasteiger partial charge in [-0.2, -0.15) is 0 Å². The maximum absolute atomic E-state index is 12.2. The third-order valence-corrected chi connectivity index (χ3v) is 4.58. The first-order chi connectivity index (χ1) is 12.9. The number of ether oxygens (including phenoxy) is 1. The summed E-state index contributed by atoms with van der Waals surface area (Å²) in [4.78, 5) is 24.4. The zero-order valence-corrected chi connectivity index (χ0v) is 16.0. The number of anilines is 1. The summed E-state index contributed by atoms with van der Waals surface area (Å²) in [7, 11) is 0. The molecule has 0 unspecified atom stereocenters. The SMILES string of the molecule is O=C(Nc1ccc(Cl)cc1)c1ccc(OC(=O)c2ccc(Cl)c(Cl)c2)cc1. The van der Waals surface area contributed by atoms with Crippen LogP contribution < -0.4 is 10.1 Å².